The maximum Gasteiger partial charge on any atom is 0.229 e. The standard InChI is InChI=1S/C27H34N6OS/c1-3-23(34)18-19-4-6-20(7-5-19)28-26-25-24(12-17-35-25)30-27(31-26)29-21-8-10-22(11-9-21)33-15-13-32(2)14-16-33/h3,8-12,17,19-20H,1,4-7,13-16,18H2,2H3,(H2,28,29,30,31). The topological polar surface area (TPSA) is 73.4 Å². The lowest BCUT2D eigenvalue weighted by atomic mass is 9.83. The van der Waals surface area contributed by atoms with Gasteiger partial charge in [-0.15, -0.1) is 11.3 Å². The zero-order valence-corrected chi connectivity index (χ0v) is 21.2. The Labute approximate surface area is 211 Å². The molecule has 0 bridgehead atoms. The van der Waals surface area contributed by atoms with Crippen LogP contribution in [0.1, 0.15) is 32.1 Å². The molecule has 2 aromatic heterocycles. The Bertz CT molecular complexity index is 1160. The lowest BCUT2D eigenvalue weighted by Crippen LogP contribution is -2.44. The number of allylic oxidation sites excluding steroid dienone is 1. The van der Waals surface area contributed by atoms with E-state index in [0.29, 0.717) is 24.3 Å². The third kappa shape index (κ3) is 5.82. The van der Waals surface area contributed by atoms with Crippen LogP contribution in [0.2, 0.25) is 0 Å². The molecule has 2 fully saturated rings. The molecule has 35 heavy (non-hydrogen) atoms. The number of carbonyl (C=O) groups excluding carboxylic acids is 1. The maximum absolute atomic E-state index is 11.7. The van der Waals surface area contributed by atoms with Crippen LogP contribution in [0.3, 0.4) is 0 Å². The molecule has 1 aromatic carbocycles. The first kappa shape index (κ1) is 23.8. The number of thiophene rings is 1. The second-order valence-corrected chi connectivity index (χ2v) is 10.6. The quantitative estimate of drug-likeness (QED) is 0.415. The summed E-state index contributed by atoms with van der Waals surface area (Å²) in [6.45, 7) is 7.91. The van der Waals surface area contributed by atoms with Gasteiger partial charge in [0.1, 0.15) is 5.82 Å². The van der Waals surface area contributed by atoms with E-state index in [-0.39, 0.29) is 5.78 Å². The van der Waals surface area contributed by atoms with Crippen molar-refractivity contribution in [2.75, 3.05) is 48.8 Å². The summed E-state index contributed by atoms with van der Waals surface area (Å²) in [5, 5.41) is 9.15. The molecule has 5 rings (SSSR count). The zero-order chi connectivity index (χ0) is 24.2. The van der Waals surface area contributed by atoms with Crippen molar-refractivity contribution in [1.29, 1.82) is 0 Å². The number of hydrogen-bond donors (Lipinski definition) is 2. The molecule has 184 valence electrons. The zero-order valence-electron chi connectivity index (χ0n) is 20.4. The maximum atomic E-state index is 11.7. The molecule has 1 saturated carbocycles. The average Bonchev–Trinajstić information content (AvgIpc) is 3.35. The summed E-state index contributed by atoms with van der Waals surface area (Å²) in [6.07, 6.45) is 6.28. The number of aromatic nitrogens is 2. The minimum Gasteiger partial charge on any atom is -0.369 e. The fourth-order valence-corrected chi connectivity index (χ4v) is 5.82. The van der Waals surface area contributed by atoms with Crippen LogP contribution < -0.4 is 15.5 Å². The van der Waals surface area contributed by atoms with Gasteiger partial charge in [0.25, 0.3) is 0 Å². The summed E-state index contributed by atoms with van der Waals surface area (Å²) in [5.41, 5.74) is 3.19. The molecule has 3 heterocycles. The Morgan fingerprint density at radius 3 is 2.54 bits per heavy atom. The molecule has 1 saturated heterocycles. The molecule has 1 aliphatic carbocycles. The Morgan fingerprint density at radius 1 is 1.09 bits per heavy atom. The van der Waals surface area contributed by atoms with Crippen molar-refractivity contribution in [3.05, 3.63) is 48.4 Å². The van der Waals surface area contributed by atoms with E-state index in [1.54, 1.807) is 11.3 Å². The van der Waals surface area contributed by atoms with Crippen LogP contribution in [0, 0.1) is 5.92 Å². The molecular formula is C27H34N6OS. The van der Waals surface area contributed by atoms with E-state index >= 15 is 0 Å². The number of hydrogen-bond acceptors (Lipinski definition) is 8. The second kappa shape index (κ2) is 10.7. The van der Waals surface area contributed by atoms with Crippen LogP contribution in [0.4, 0.5) is 23.1 Å². The van der Waals surface area contributed by atoms with Gasteiger partial charge in [-0.2, -0.15) is 4.98 Å². The van der Waals surface area contributed by atoms with Crippen LogP contribution in [-0.2, 0) is 4.79 Å². The van der Waals surface area contributed by atoms with Crippen molar-refractivity contribution in [3.63, 3.8) is 0 Å². The van der Waals surface area contributed by atoms with Gasteiger partial charge in [-0.1, -0.05) is 6.58 Å². The molecule has 0 amide bonds. The van der Waals surface area contributed by atoms with E-state index in [0.717, 1.165) is 73.6 Å². The van der Waals surface area contributed by atoms with E-state index in [1.807, 2.05) is 6.07 Å². The normalized spacial score (nSPS) is 21.1. The van der Waals surface area contributed by atoms with Gasteiger partial charge < -0.3 is 20.4 Å². The Kier molecular flexibility index (Phi) is 7.29. The fraction of sp³-hybridized carbons (Fsp3) is 0.444. The predicted molar refractivity (Wildman–Crippen MR) is 146 cm³/mol. The summed E-state index contributed by atoms with van der Waals surface area (Å²) in [7, 11) is 2.18. The SMILES string of the molecule is C=CC(=O)CC1CCC(Nc2nc(Nc3ccc(N4CCN(C)CC4)cc3)nc3ccsc23)CC1. The van der Waals surface area contributed by atoms with E-state index < -0.39 is 0 Å². The van der Waals surface area contributed by atoms with E-state index in [9.17, 15) is 4.79 Å². The molecule has 2 N–H and O–H groups in total. The van der Waals surface area contributed by atoms with Gasteiger partial charge in [0.2, 0.25) is 5.95 Å². The van der Waals surface area contributed by atoms with Crippen molar-refractivity contribution in [3.8, 4) is 0 Å². The number of rotatable bonds is 8. The molecule has 0 radical (unpaired) electrons. The third-order valence-electron chi connectivity index (χ3n) is 7.20. The summed E-state index contributed by atoms with van der Waals surface area (Å²) in [6, 6.07) is 11.0. The van der Waals surface area contributed by atoms with Crippen LogP contribution >= 0.6 is 11.3 Å². The molecule has 7 nitrogen and oxygen atoms in total. The van der Waals surface area contributed by atoms with Gasteiger partial charge in [-0.05, 0) is 80.4 Å². The van der Waals surface area contributed by atoms with Crippen molar-refractivity contribution >= 4 is 50.5 Å². The van der Waals surface area contributed by atoms with Gasteiger partial charge in [-0.25, -0.2) is 4.98 Å². The third-order valence-corrected chi connectivity index (χ3v) is 8.11. The number of nitrogens with zero attached hydrogens (tertiary/aromatic N) is 4. The smallest absolute Gasteiger partial charge is 0.229 e. The second-order valence-electron chi connectivity index (χ2n) is 9.73. The molecule has 0 spiro atoms. The van der Waals surface area contributed by atoms with Gasteiger partial charge in [0.15, 0.2) is 5.78 Å². The van der Waals surface area contributed by atoms with E-state index in [4.69, 9.17) is 9.97 Å². The molecule has 1 aliphatic heterocycles. The minimum absolute atomic E-state index is 0.157. The van der Waals surface area contributed by atoms with Crippen LogP contribution in [-0.4, -0.2) is 59.9 Å². The highest BCUT2D eigenvalue weighted by Crippen LogP contribution is 2.33. The number of benzene rings is 1. The van der Waals surface area contributed by atoms with Crippen molar-refractivity contribution < 1.29 is 4.79 Å². The molecule has 2 aliphatic rings. The van der Waals surface area contributed by atoms with E-state index in [1.165, 1.54) is 11.8 Å². The minimum atomic E-state index is 0.157. The largest absolute Gasteiger partial charge is 0.369 e. The summed E-state index contributed by atoms with van der Waals surface area (Å²) < 4.78 is 1.09. The highest BCUT2D eigenvalue weighted by molar-refractivity contribution is 7.17. The molecule has 0 atom stereocenters. The number of likely N-dealkylation sites (N-methyl/N-ethyl adjacent to an activating group) is 1. The first-order valence-corrected chi connectivity index (χ1v) is 13.4. The van der Waals surface area contributed by atoms with Gasteiger partial charge in [-0.3, -0.25) is 4.79 Å². The highest BCUT2D eigenvalue weighted by atomic mass is 32.1. The van der Waals surface area contributed by atoms with Gasteiger partial charge in [0, 0.05) is 50.0 Å². The molecule has 3 aromatic rings. The fourth-order valence-electron chi connectivity index (χ4n) is 5.04. The first-order valence-electron chi connectivity index (χ1n) is 12.5. The van der Waals surface area contributed by atoms with Crippen LogP contribution in [0.5, 0.6) is 0 Å². The number of carbonyl (C=O) groups is 1. The number of ketones is 1. The van der Waals surface area contributed by atoms with Crippen molar-refractivity contribution in [2.24, 2.45) is 5.92 Å². The molecule has 8 heteroatoms. The lowest BCUT2D eigenvalue weighted by molar-refractivity contribution is -0.115. The number of anilines is 4. The summed E-state index contributed by atoms with van der Waals surface area (Å²) >= 11 is 1.67. The van der Waals surface area contributed by atoms with E-state index in [2.05, 4.69) is 63.7 Å². The monoisotopic (exact) mass is 490 g/mol. The Balaban J connectivity index is 1.25. The predicted octanol–water partition coefficient (Wildman–Crippen LogP) is 5.30. The molecule has 0 unspecified atom stereocenters. The Morgan fingerprint density at radius 2 is 1.83 bits per heavy atom. The summed E-state index contributed by atoms with van der Waals surface area (Å²) in [5.74, 6) is 2.13. The Hall–Kier alpha value is -2.97. The number of piperazine rings is 1. The van der Waals surface area contributed by atoms with Crippen LogP contribution in [0.25, 0.3) is 10.2 Å². The van der Waals surface area contributed by atoms with Crippen molar-refractivity contribution in [1.82, 2.24) is 14.9 Å². The number of fused-ring (bicyclic) bond motifs is 1. The highest BCUT2D eigenvalue weighted by Gasteiger charge is 2.23. The molecular weight excluding hydrogens is 456 g/mol. The van der Waals surface area contributed by atoms with Gasteiger partial charge >= 0.3 is 0 Å². The summed E-state index contributed by atoms with van der Waals surface area (Å²) in [4.78, 5) is 26.1. The number of nitrogens with one attached hydrogen (secondary N) is 2. The lowest BCUT2D eigenvalue weighted by Gasteiger charge is -2.34. The van der Waals surface area contributed by atoms with Crippen LogP contribution in [0.15, 0.2) is 48.4 Å². The first-order chi connectivity index (χ1) is 17.1. The van der Waals surface area contributed by atoms with Gasteiger partial charge in [0.05, 0.1) is 10.2 Å². The average molecular weight is 491 g/mol. The van der Waals surface area contributed by atoms with Crippen molar-refractivity contribution in [2.45, 2.75) is 38.1 Å².